The van der Waals surface area contributed by atoms with Gasteiger partial charge in [0.05, 0.1) is 0 Å². The van der Waals surface area contributed by atoms with Gasteiger partial charge in [0.1, 0.15) is 11.2 Å². The first-order valence-electron chi connectivity index (χ1n) is 10.1. The SMILES string of the molecule is c1ccc(-c2cc(Nc3ccc4c(c3)oc3ccccc34)c3ccccc3c2)cc1. The summed E-state index contributed by atoms with van der Waals surface area (Å²) < 4.78 is 6.07. The molecule has 30 heavy (non-hydrogen) atoms. The smallest absolute Gasteiger partial charge is 0.137 e. The molecule has 0 saturated heterocycles. The maximum atomic E-state index is 6.07. The second-order valence-electron chi connectivity index (χ2n) is 7.55. The highest BCUT2D eigenvalue weighted by atomic mass is 16.3. The number of nitrogens with one attached hydrogen (secondary N) is 1. The number of fused-ring (bicyclic) bond motifs is 4. The van der Waals surface area contributed by atoms with Crippen LogP contribution in [0.3, 0.4) is 0 Å². The normalized spacial score (nSPS) is 11.3. The first-order chi connectivity index (χ1) is 14.8. The monoisotopic (exact) mass is 385 g/mol. The third-order valence-corrected chi connectivity index (χ3v) is 5.63. The first-order valence-corrected chi connectivity index (χ1v) is 10.1. The Hall–Kier alpha value is -4.04. The summed E-state index contributed by atoms with van der Waals surface area (Å²) in [5, 5.41) is 8.33. The number of hydrogen-bond donors (Lipinski definition) is 1. The predicted octanol–water partition coefficient (Wildman–Crippen LogP) is 8.15. The van der Waals surface area contributed by atoms with Crippen LogP contribution in [0.4, 0.5) is 11.4 Å². The molecule has 0 aliphatic rings. The molecule has 0 saturated carbocycles. The van der Waals surface area contributed by atoms with Crippen molar-refractivity contribution in [3.05, 3.63) is 109 Å². The topological polar surface area (TPSA) is 25.2 Å². The van der Waals surface area contributed by atoms with Crippen molar-refractivity contribution in [2.24, 2.45) is 0 Å². The molecule has 6 aromatic rings. The maximum absolute atomic E-state index is 6.07. The average molecular weight is 385 g/mol. The van der Waals surface area contributed by atoms with Crippen LogP contribution in [0.25, 0.3) is 43.8 Å². The number of furan rings is 1. The summed E-state index contributed by atoms with van der Waals surface area (Å²) in [6.45, 7) is 0. The van der Waals surface area contributed by atoms with E-state index in [1.54, 1.807) is 0 Å². The quantitative estimate of drug-likeness (QED) is 0.332. The van der Waals surface area contributed by atoms with Crippen molar-refractivity contribution in [2.45, 2.75) is 0 Å². The first kappa shape index (κ1) is 16.9. The molecular formula is C28H19NO. The van der Waals surface area contributed by atoms with Crippen LogP contribution in [0.1, 0.15) is 0 Å². The summed E-state index contributed by atoms with van der Waals surface area (Å²) in [7, 11) is 0. The van der Waals surface area contributed by atoms with Gasteiger partial charge in [-0.2, -0.15) is 0 Å². The van der Waals surface area contributed by atoms with Crippen molar-refractivity contribution < 1.29 is 4.42 Å². The van der Waals surface area contributed by atoms with Crippen molar-refractivity contribution in [2.75, 3.05) is 5.32 Å². The van der Waals surface area contributed by atoms with E-state index in [0.717, 1.165) is 33.3 Å². The number of hydrogen-bond acceptors (Lipinski definition) is 2. The predicted molar refractivity (Wildman–Crippen MR) is 126 cm³/mol. The third-order valence-electron chi connectivity index (χ3n) is 5.63. The Morgan fingerprint density at radius 3 is 2.13 bits per heavy atom. The van der Waals surface area contributed by atoms with Gasteiger partial charge >= 0.3 is 0 Å². The lowest BCUT2D eigenvalue weighted by Gasteiger charge is -2.13. The second-order valence-corrected chi connectivity index (χ2v) is 7.55. The Morgan fingerprint density at radius 1 is 0.500 bits per heavy atom. The van der Waals surface area contributed by atoms with E-state index in [1.807, 2.05) is 24.3 Å². The van der Waals surface area contributed by atoms with Crippen molar-refractivity contribution in [3.8, 4) is 11.1 Å². The zero-order valence-electron chi connectivity index (χ0n) is 16.3. The molecule has 6 rings (SSSR count). The standard InChI is InChI=1S/C28H19NO/c1-2-8-19(9-3-1)21-16-20-10-4-5-11-23(20)26(17-21)29-22-14-15-25-24-12-6-7-13-27(24)30-28(25)18-22/h1-18,29H. The molecule has 0 amide bonds. The minimum atomic E-state index is 0.893. The molecule has 0 aliphatic heterocycles. The highest BCUT2D eigenvalue weighted by Gasteiger charge is 2.09. The van der Waals surface area contributed by atoms with Crippen molar-refractivity contribution in [3.63, 3.8) is 0 Å². The van der Waals surface area contributed by atoms with E-state index in [0.29, 0.717) is 0 Å². The Labute approximate surface area is 174 Å². The van der Waals surface area contributed by atoms with E-state index < -0.39 is 0 Å². The molecule has 1 aromatic heterocycles. The summed E-state index contributed by atoms with van der Waals surface area (Å²) in [4.78, 5) is 0. The largest absolute Gasteiger partial charge is 0.456 e. The third kappa shape index (κ3) is 2.82. The van der Waals surface area contributed by atoms with E-state index in [1.165, 1.54) is 21.9 Å². The molecular weight excluding hydrogens is 366 g/mol. The molecule has 0 bridgehead atoms. The molecule has 0 unspecified atom stereocenters. The minimum absolute atomic E-state index is 0.893. The second kappa shape index (κ2) is 6.78. The zero-order valence-corrected chi connectivity index (χ0v) is 16.3. The van der Waals surface area contributed by atoms with Crippen molar-refractivity contribution in [1.82, 2.24) is 0 Å². The van der Waals surface area contributed by atoms with Crippen LogP contribution in [-0.2, 0) is 0 Å². The number of rotatable bonds is 3. The molecule has 1 N–H and O–H groups in total. The molecule has 2 heteroatoms. The summed E-state index contributed by atoms with van der Waals surface area (Å²) >= 11 is 0. The van der Waals surface area contributed by atoms with Crippen LogP contribution in [-0.4, -0.2) is 0 Å². The van der Waals surface area contributed by atoms with Gasteiger partial charge in [0.15, 0.2) is 0 Å². The van der Waals surface area contributed by atoms with E-state index in [4.69, 9.17) is 4.42 Å². The molecule has 0 atom stereocenters. The fourth-order valence-electron chi connectivity index (χ4n) is 4.17. The van der Waals surface area contributed by atoms with Gasteiger partial charge in [-0.3, -0.25) is 0 Å². The molecule has 2 nitrogen and oxygen atoms in total. The van der Waals surface area contributed by atoms with Crippen LogP contribution in [0.2, 0.25) is 0 Å². The zero-order chi connectivity index (χ0) is 19.9. The van der Waals surface area contributed by atoms with Gasteiger partial charge < -0.3 is 9.73 Å². The number of para-hydroxylation sites is 1. The molecule has 5 aromatic carbocycles. The van der Waals surface area contributed by atoms with Crippen molar-refractivity contribution >= 4 is 44.1 Å². The molecule has 0 fully saturated rings. The highest BCUT2D eigenvalue weighted by molar-refractivity contribution is 6.06. The van der Waals surface area contributed by atoms with Crippen LogP contribution in [0.5, 0.6) is 0 Å². The fourth-order valence-corrected chi connectivity index (χ4v) is 4.17. The lowest BCUT2D eigenvalue weighted by Crippen LogP contribution is -1.92. The lowest BCUT2D eigenvalue weighted by molar-refractivity contribution is 0.669. The van der Waals surface area contributed by atoms with E-state index in [-0.39, 0.29) is 0 Å². The van der Waals surface area contributed by atoms with E-state index in [2.05, 4.69) is 90.2 Å². The van der Waals surface area contributed by atoms with E-state index in [9.17, 15) is 0 Å². The Kier molecular flexibility index (Phi) is 3.82. The Bertz CT molecular complexity index is 1510. The Morgan fingerprint density at radius 2 is 1.23 bits per heavy atom. The van der Waals surface area contributed by atoms with Gasteiger partial charge in [-0.25, -0.2) is 0 Å². The molecule has 0 aliphatic carbocycles. The van der Waals surface area contributed by atoms with Crippen LogP contribution in [0.15, 0.2) is 114 Å². The molecule has 142 valence electrons. The summed E-state index contributed by atoms with van der Waals surface area (Å²) in [5.41, 5.74) is 6.31. The average Bonchev–Trinajstić information content (AvgIpc) is 3.17. The fraction of sp³-hybridized carbons (Fsp3) is 0. The van der Waals surface area contributed by atoms with Gasteiger partial charge in [0, 0.05) is 33.6 Å². The lowest BCUT2D eigenvalue weighted by atomic mass is 9.99. The number of benzene rings is 5. The molecule has 0 spiro atoms. The van der Waals surface area contributed by atoms with Crippen molar-refractivity contribution in [1.29, 1.82) is 0 Å². The van der Waals surface area contributed by atoms with Gasteiger partial charge in [-0.05, 0) is 46.8 Å². The Balaban J connectivity index is 1.48. The maximum Gasteiger partial charge on any atom is 0.137 e. The van der Waals surface area contributed by atoms with Gasteiger partial charge in [-0.1, -0.05) is 72.8 Å². The van der Waals surface area contributed by atoms with E-state index >= 15 is 0 Å². The van der Waals surface area contributed by atoms with Gasteiger partial charge in [0.25, 0.3) is 0 Å². The van der Waals surface area contributed by atoms with Gasteiger partial charge in [0.2, 0.25) is 0 Å². The molecule has 0 radical (unpaired) electrons. The summed E-state index contributed by atoms with van der Waals surface area (Å²) in [6.07, 6.45) is 0. The minimum Gasteiger partial charge on any atom is -0.456 e. The van der Waals surface area contributed by atoms with Crippen LogP contribution >= 0.6 is 0 Å². The summed E-state index contributed by atoms with van der Waals surface area (Å²) in [6, 6.07) is 38.0. The highest BCUT2D eigenvalue weighted by Crippen LogP contribution is 2.35. The van der Waals surface area contributed by atoms with Crippen LogP contribution in [0, 0.1) is 0 Å². The summed E-state index contributed by atoms with van der Waals surface area (Å²) in [5.74, 6) is 0. The number of anilines is 2. The van der Waals surface area contributed by atoms with Gasteiger partial charge in [-0.15, -0.1) is 0 Å². The molecule has 1 heterocycles. The van der Waals surface area contributed by atoms with Crippen LogP contribution < -0.4 is 5.32 Å².